The molecule has 9 heteroatoms. The smallest absolute Gasteiger partial charge is 0.337 e. The molecule has 1 aromatic carbocycles. The van der Waals surface area contributed by atoms with E-state index < -0.39 is 35.0 Å². The van der Waals surface area contributed by atoms with Crippen molar-refractivity contribution in [2.24, 2.45) is 0 Å². The third kappa shape index (κ3) is 3.50. The van der Waals surface area contributed by atoms with Crippen molar-refractivity contribution in [2.45, 2.75) is 12.4 Å². The van der Waals surface area contributed by atoms with Crippen molar-refractivity contribution in [3.05, 3.63) is 34.9 Å². The van der Waals surface area contributed by atoms with Crippen LogP contribution >= 0.6 is 11.8 Å². The van der Waals surface area contributed by atoms with E-state index in [9.17, 15) is 31.1 Å². The van der Waals surface area contributed by atoms with Crippen LogP contribution in [0.15, 0.2) is 18.2 Å². The molecule has 0 N–H and O–H groups in total. The molecule has 1 aromatic rings. The summed E-state index contributed by atoms with van der Waals surface area (Å²) in [6.07, 6.45) is -10.1. The van der Waals surface area contributed by atoms with E-state index in [0.29, 0.717) is 29.7 Å². The van der Waals surface area contributed by atoms with Gasteiger partial charge in [-0.3, -0.25) is 4.79 Å². The van der Waals surface area contributed by atoms with Crippen LogP contribution in [-0.4, -0.2) is 35.4 Å². The van der Waals surface area contributed by atoms with Crippen LogP contribution in [0.5, 0.6) is 0 Å². The Morgan fingerprint density at radius 3 is 1.82 bits per heavy atom. The predicted molar refractivity (Wildman–Crippen MR) is 69.7 cm³/mol. The van der Waals surface area contributed by atoms with E-state index in [1.807, 2.05) is 0 Å². The van der Waals surface area contributed by atoms with E-state index in [4.69, 9.17) is 0 Å². The molecule has 1 aliphatic rings. The van der Waals surface area contributed by atoms with Gasteiger partial charge in [0.25, 0.3) is 5.91 Å². The molecule has 2 nitrogen and oxygen atoms in total. The number of rotatable bonds is 1. The summed E-state index contributed by atoms with van der Waals surface area (Å²) in [6, 6.07) is 1.66. The summed E-state index contributed by atoms with van der Waals surface area (Å²) in [5.41, 5.74) is -4.41. The van der Waals surface area contributed by atoms with Gasteiger partial charge in [-0.15, -0.1) is 0 Å². The van der Waals surface area contributed by atoms with Crippen molar-refractivity contribution < 1.29 is 31.1 Å². The van der Waals surface area contributed by atoms with Crippen molar-refractivity contribution in [3.63, 3.8) is 0 Å². The lowest BCUT2D eigenvalue weighted by Crippen LogP contribution is -2.39. The minimum atomic E-state index is -5.03. The zero-order valence-corrected chi connectivity index (χ0v) is 11.9. The second kappa shape index (κ2) is 6.02. The summed E-state index contributed by atoms with van der Waals surface area (Å²) in [6.45, 7) is 0.264. The molecular weight excluding hydrogens is 332 g/mol. The first-order valence-electron chi connectivity index (χ1n) is 6.27. The number of amides is 1. The predicted octanol–water partition coefficient (Wildman–Crippen LogP) is 3.91. The molecule has 122 valence electrons. The fourth-order valence-corrected chi connectivity index (χ4v) is 3.08. The summed E-state index contributed by atoms with van der Waals surface area (Å²) >= 11 is 1.49. The number of carbonyl (C=O) groups excluding carboxylic acids is 1. The van der Waals surface area contributed by atoms with E-state index in [0.717, 1.165) is 4.90 Å². The van der Waals surface area contributed by atoms with Gasteiger partial charge in [0.05, 0.1) is 16.7 Å². The van der Waals surface area contributed by atoms with Crippen molar-refractivity contribution in [3.8, 4) is 0 Å². The Hall–Kier alpha value is -1.38. The fraction of sp³-hybridized carbons (Fsp3) is 0.462. The molecule has 0 aliphatic carbocycles. The third-order valence-electron chi connectivity index (χ3n) is 3.19. The Balaban J connectivity index is 2.57. The third-order valence-corrected chi connectivity index (χ3v) is 4.13. The van der Waals surface area contributed by atoms with Gasteiger partial charge < -0.3 is 4.90 Å². The van der Waals surface area contributed by atoms with Gasteiger partial charge in [-0.2, -0.15) is 38.1 Å². The number of halogens is 6. The average molecular weight is 343 g/mol. The Bertz CT molecular complexity index is 530. The highest BCUT2D eigenvalue weighted by atomic mass is 32.2. The molecule has 0 aromatic heterocycles. The lowest BCUT2D eigenvalue weighted by molar-refractivity contribution is -0.143. The van der Waals surface area contributed by atoms with E-state index in [1.54, 1.807) is 0 Å². The summed E-state index contributed by atoms with van der Waals surface area (Å²) < 4.78 is 78.0. The van der Waals surface area contributed by atoms with Gasteiger partial charge in [0, 0.05) is 24.6 Å². The van der Waals surface area contributed by atoms with Crippen LogP contribution in [0.1, 0.15) is 21.5 Å². The van der Waals surface area contributed by atoms with Crippen molar-refractivity contribution in [1.82, 2.24) is 4.90 Å². The molecule has 1 saturated heterocycles. The number of alkyl halides is 6. The standard InChI is InChI=1S/C13H11F6NOS/c14-12(15,16)8-2-1-3-9(13(17,18)19)10(8)11(21)20-4-6-22-7-5-20/h1-3H,4-7H2. The molecule has 1 aliphatic heterocycles. The molecule has 22 heavy (non-hydrogen) atoms. The highest BCUT2D eigenvalue weighted by Gasteiger charge is 2.43. The Morgan fingerprint density at radius 2 is 1.41 bits per heavy atom. The maximum absolute atomic E-state index is 13.0. The first-order chi connectivity index (χ1) is 10.1. The van der Waals surface area contributed by atoms with Crippen LogP contribution < -0.4 is 0 Å². The van der Waals surface area contributed by atoms with Crippen LogP contribution in [0, 0.1) is 0 Å². The van der Waals surface area contributed by atoms with Gasteiger partial charge in [0.2, 0.25) is 0 Å². The van der Waals surface area contributed by atoms with E-state index in [2.05, 4.69) is 0 Å². The summed E-state index contributed by atoms with van der Waals surface area (Å²) in [5.74, 6) is -0.247. The van der Waals surface area contributed by atoms with Crippen LogP contribution in [0.25, 0.3) is 0 Å². The van der Waals surface area contributed by atoms with E-state index >= 15 is 0 Å². The highest BCUT2D eigenvalue weighted by molar-refractivity contribution is 7.99. The van der Waals surface area contributed by atoms with Gasteiger partial charge in [0.15, 0.2) is 0 Å². The van der Waals surface area contributed by atoms with Gasteiger partial charge >= 0.3 is 12.4 Å². The van der Waals surface area contributed by atoms with Crippen molar-refractivity contribution in [1.29, 1.82) is 0 Å². The Morgan fingerprint density at radius 1 is 0.955 bits per heavy atom. The highest BCUT2D eigenvalue weighted by Crippen LogP contribution is 2.40. The largest absolute Gasteiger partial charge is 0.417 e. The SMILES string of the molecule is O=C(c1c(C(F)(F)F)cccc1C(F)(F)F)N1CCSCC1. The number of thioether (sulfide) groups is 1. The van der Waals surface area contributed by atoms with Gasteiger partial charge in [-0.25, -0.2) is 0 Å². The lowest BCUT2D eigenvalue weighted by Gasteiger charge is -2.28. The quantitative estimate of drug-likeness (QED) is 0.721. The normalized spacial score (nSPS) is 16.7. The number of benzene rings is 1. The summed E-state index contributed by atoms with van der Waals surface area (Å²) in [7, 11) is 0. The Labute approximate surface area is 126 Å². The fourth-order valence-electron chi connectivity index (χ4n) is 2.18. The van der Waals surface area contributed by atoms with Crippen LogP contribution in [0.4, 0.5) is 26.3 Å². The van der Waals surface area contributed by atoms with Crippen LogP contribution in [0.3, 0.4) is 0 Å². The molecule has 0 radical (unpaired) electrons. The zero-order valence-electron chi connectivity index (χ0n) is 11.1. The van der Waals surface area contributed by atoms with Crippen molar-refractivity contribution in [2.75, 3.05) is 24.6 Å². The first kappa shape index (κ1) is 17.0. The van der Waals surface area contributed by atoms with Gasteiger partial charge in [-0.1, -0.05) is 6.07 Å². The van der Waals surface area contributed by atoms with E-state index in [1.165, 1.54) is 11.8 Å². The maximum Gasteiger partial charge on any atom is 0.417 e. The van der Waals surface area contributed by atoms with Crippen molar-refractivity contribution >= 4 is 17.7 Å². The molecule has 1 heterocycles. The number of nitrogens with zero attached hydrogens (tertiary/aromatic N) is 1. The first-order valence-corrected chi connectivity index (χ1v) is 7.42. The number of hydrogen-bond donors (Lipinski definition) is 0. The van der Waals surface area contributed by atoms with Crippen LogP contribution in [0.2, 0.25) is 0 Å². The second-order valence-electron chi connectivity index (χ2n) is 4.63. The lowest BCUT2D eigenvalue weighted by atomic mass is 9.98. The van der Waals surface area contributed by atoms with Gasteiger partial charge in [-0.05, 0) is 12.1 Å². The summed E-state index contributed by atoms with van der Waals surface area (Å²) in [4.78, 5) is 13.3. The molecule has 0 bridgehead atoms. The molecule has 2 rings (SSSR count). The molecule has 1 fully saturated rings. The zero-order chi connectivity index (χ0) is 16.5. The molecular formula is C13H11F6NOS. The summed E-state index contributed by atoms with van der Waals surface area (Å²) in [5, 5.41) is 0. The second-order valence-corrected chi connectivity index (χ2v) is 5.85. The molecule has 0 unspecified atom stereocenters. The van der Waals surface area contributed by atoms with E-state index in [-0.39, 0.29) is 13.1 Å². The topological polar surface area (TPSA) is 20.3 Å². The molecule has 0 atom stereocenters. The monoisotopic (exact) mass is 343 g/mol. The molecule has 0 saturated carbocycles. The maximum atomic E-state index is 13.0. The minimum absolute atomic E-state index is 0.132. The number of carbonyl (C=O) groups is 1. The molecule has 0 spiro atoms. The number of hydrogen-bond acceptors (Lipinski definition) is 2. The average Bonchev–Trinajstić information content (AvgIpc) is 2.45. The Kier molecular flexibility index (Phi) is 4.65. The van der Waals surface area contributed by atoms with Gasteiger partial charge in [0.1, 0.15) is 0 Å². The van der Waals surface area contributed by atoms with Crippen LogP contribution in [-0.2, 0) is 12.4 Å². The minimum Gasteiger partial charge on any atom is -0.337 e. The molecule has 1 amide bonds.